The number of hydrogen-bond acceptors (Lipinski definition) is 4. The van der Waals surface area contributed by atoms with Crippen LogP contribution in [0.2, 0.25) is 0 Å². The van der Waals surface area contributed by atoms with E-state index >= 15 is 0 Å². The van der Waals surface area contributed by atoms with E-state index in [-0.39, 0.29) is 17.9 Å². The molecule has 1 aliphatic heterocycles. The van der Waals surface area contributed by atoms with Gasteiger partial charge in [0.15, 0.2) is 0 Å². The smallest absolute Gasteiger partial charge is 0.309 e. The number of hydrogen-bond donors (Lipinski definition) is 1. The molecule has 82 valence electrons. The van der Waals surface area contributed by atoms with Crippen molar-refractivity contribution >= 4 is 5.97 Å². The van der Waals surface area contributed by atoms with Gasteiger partial charge in [0.1, 0.15) is 0 Å². The van der Waals surface area contributed by atoms with Crippen molar-refractivity contribution in [3.05, 3.63) is 0 Å². The van der Waals surface area contributed by atoms with E-state index in [1.165, 1.54) is 7.11 Å². The summed E-state index contributed by atoms with van der Waals surface area (Å²) < 4.78 is 4.68. The highest BCUT2D eigenvalue weighted by Crippen LogP contribution is 2.25. The molecule has 0 aliphatic carbocycles. The minimum absolute atomic E-state index is 0.127. The number of carbonyl (C=O) groups is 1. The second kappa shape index (κ2) is 3.87. The van der Waals surface area contributed by atoms with Crippen LogP contribution in [0.5, 0.6) is 0 Å². The molecule has 0 aromatic carbocycles. The molecule has 4 nitrogen and oxygen atoms in total. The lowest BCUT2D eigenvalue weighted by Crippen LogP contribution is -2.64. The fraction of sp³-hybridized carbons (Fsp3) is 0.900. The third-order valence-electron chi connectivity index (χ3n) is 2.96. The number of β-amino-alcohol motifs (C(OH)–C–C–N with tert-alkyl or cyclic N) is 1. The third-order valence-corrected chi connectivity index (χ3v) is 2.96. The highest BCUT2D eigenvalue weighted by atomic mass is 16.5. The van der Waals surface area contributed by atoms with E-state index in [4.69, 9.17) is 0 Å². The average molecular weight is 201 g/mol. The Hall–Kier alpha value is -0.610. The van der Waals surface area contributed by atoms with Crippen molar-refractivity contribution in [1.29, 1.82) is 0 Å². The predicted molar refractivity (Wildman–Crippen MR) is 52.8 cm³/mol. The maximum Gasteiger partial charge on any atom is 0.309 e. The number of ether oxygens (including phenoxy) is 1. The van der Waals surface area contributed by atoms with Crippen molar-refractivity contribution in [2.45, 2.75) is 32.4 Å². The topological polar surface area (TPSA) is 49.8 Å². The Morgan fingerprint density at radius 3 is 2.36 bits per heavy atom. The Labute approximate surface area is 84.8 Å². The van der Waals surface area contributed by atoms with E-state index in [1.54, 1.807) is 6.92 Å². The van der Waals surface area contributed by atoms with E-state index in [9.17, 15) is 9.90 Å². The second-order valence-electron chi connectivity index (χ2n) is 4.45. The van der Waals surface area contributed by atoms with Crippen LogP contribution in [0.3, 0.4) is 0 Å². The zero-order valence-corrected chi connectivity index (χ0v) is 9.28. The number of carbonyl (C=O) groups excluding carboxylic acids is 1. The van der Waals surface area contributed by atoms with E-state index in [0.29, 0.717) is 13.1 Å². The first-order valence-corrected chi connectivity index (χ1v) is 4.91. The molecule has 0 radical (unpaired) electrons. The first kappa shape index (κ1) is 11.5. The zero-order valence-electron chi connectivity index (χ0n) is 9.28. The van der Waals surface area contributed by atoms with Crippen LogP contribution in [0.15, 0.2) is 0 Å². The summed E-state index contributed by atoms with van der Waals surface area (Å²) in [6.45, 7) is 6.91. The van der Waals surface area contributed by atoms with Crippen LogP contribution >= 0.6 is 0 Å². The summed E-state index contributed by atoms with van der Waals surface area (Å²) in [6.07, 6.45) is 0. The molecule has 1 rings (SSSR count). The maximum atomic E-state index is 11.2. The van der Waals surface area contributed by atoms with Crippen molar-refractivity contribution in [2.75, 3.05) is 20.2 Å². The van der Waals surface area contributed by atoms with Crippen molar-refractivity contribution in [3.63, 3.8) is 0 Å². The van der Waals surface area contributed by atoms with Crippen LogP contribution in [0.1, 0.15) is 20.8 Å². The maximum absolute atomic E-state index is 11.2. The molecule has 1 fully saturated rings. The Morgan fingerprint density at radius 1 is 1.50 bits per heavy atom. The highest BCUT2D eigenvalue weighted by Gasteiger charge is 2.41. The van der Waals surface area contributed by atoms with E-state index in [0.717, 1.165) is 0 Å². The molecule has 0 spiro atoms. The molecule has 1 saturated heterocycles. The number of methoxy groups -OCH3 is 1. The summed E-state index contributed by atoms with van der Waals surface area (Å²) >= 11 is 0. The van der Waals surface area contributed by atoms with Gasteiger partial charge >= 0.3 is 5.97 Å². The van der Waals surface area contributed by atoms with Crippen molar-refractivity contribution in [2.24, 2.45) is 5.92 Å². The van der Waals surface area contributed by atoms with Crippen LogP contribution in [0.25, 0.3) is 0 Å². The average Bonchev–Trinajstić information content (AvgIpc) is 2.10. The number of nitrogens with zero attached hydrogens (tertiary/aromatic N) is 1. The summed E-state index contributed by atoms with van der Waals surface area (Å²) in [5, 5.41) is 9.55. The van der Waals surface area contributed by atoms with Crippen LogP contribution in [0, 0.1) is 5.92 Å². The van der Waals surface area contributed by atoms with E-state index < -0.39 is 5.60 Å². The van der Waals surface area contributed by atoms with Gasteiger partial charge in [0.25, 0.3) is 0 Å². The molecule has 2 atom stereocenters. The lowest BCUT2D eigenvalue weighted by molar-refractivity contribution is -0.153. The van der Waals surface area contributed by atoms with Crippen LogP contribution in [-0.2, 0) is 9.53 Å². The zero-order chi connectivity index (χ0) is 10.9. The van der Waals surface area contributed by atoms with Crippen LogP contribution in [-0.4, -0.2) is 47.8 Å². The van der Waals surface area contributed by atoms with Crippen LogP contribution < -0.4 is 0 Å². The van der Waals surface area contributed by atoms with Gasteiger partial charge in [0, 0.05) is 19.1 Å². The molecule has 1 heterocycles. The Balaban J connectivity index is 2.43. The van der Waals surface area contributed by atoms with Gasteiger partial charge in [-0.15, -0.1) is 0 Å². The molecule has 1 N–H and O–H groups in total. The van der Waals surface area contributed by atoms with Gasteiger partial charge in [0.2, 0.25) is 0 Å². The lowest BCUT2D eigenvalue weighted by atomic mass is 9.91. The van der Waals surface area contributed by atoms with Gasteiger partial charge < -0.3 is 9.84 Å². The molecular weight excluding hydrogens is 182 g/mol. The number of esters is 1. The fourth-order valence-electron chi connectivity index (χ4n) is 1.82. The van der Waals surface area contributed by atoms with E-state index in [2.05, 4.69) is 9.64 Å². The summed E-state index contributed by atoms with van der Waals surface area (Å²) in [7, 11) is 1.40. The van der Waals surface area contributed by atoms with Crippen LogP contribution in [0.4, 0.5) is 0 Å². The molecule has 0 amide bonds. The van der Waals surface area contributed by atoms with Gasteiger partial charge in [-0.3, -0.25) is 9.69 Å². The fourth-order valence-corrected chi connectivity index (χ4v) is 1.82. The van der Waals surface area contributed by atoms with Crippen molar-refractivity contribution in [3.8, 4) is 0 Å². The summed E-state index contributed by atoms with van der Waals surface area (Å²) in [5.74, 6) is -0.333. The number of aliphatic hydroxyl groups is 1. The quantitative estimate of drug-likeness (QED) is 0.665. The largest absolute Gasteiger partial charge is 0.469 e. The third kappa shape index (κ3) is 2.25. The van der Waals surface area contributed by atoms with Crippen molar-refractivity contribution in [1.82, 2.24) is 4.90 Å². The number of likely N-dealkylation sites (tertiary alicyclic amines) is 1. The molecule has 0 aromatic heterocycles. The molecule has 0 saturated carbocycles. The molecule has 1 aliphatic rings. The highest BCUT2D eigenvalue weighted by molar-refractivity contribution is 5.72. The number of rotatable bonds is 3. The summed E-state index contributed by atoms with van der Waals surface area (Å²) in [6, 6.07) is 0.127. The monoisotopic (exact) mass is 201 g/mol. The molecular formula is C10H19NO3. The minimum atomic E-state index is -0.579. The lowest BCUT2D eigenvalue weighted by Gasteiger charge is -2.48. The minimum Gasteiger partial charge on any atom is -0.469 e. The van der Waals surface area contributed by atoms with Gasteiger partial charge in [-0.05, 0) is 13.8 Å². The molecule has 0 aromatic rings. The van der Waals surface area contributed by atoms with Gasteiger partial charge in [0.05, 0.1) is 18.6 Å². The summed E-state index contributed by atoms with van der Waals surface area (Å²) in [5.41, 5.74) is -0.579. The Bertz CT molecular complexity index is 219. The standard InChI is InChI=1S/C10H19NO3/c1-7(9(12)14-4)8(2)11-5-10(3,13)6-11/h7-8,13H,5-6H2,1-4H3. The van der Waals surface area contributed by atoms with Gasteiger partial charge in [-0.1, -0.05) is 6.92 Å². The molecule has 0 bridgehead atoms. The summed E-state index contributed by atoms with van der Waals surface area (Å²) in [4.78, 5) is 13.3. The Kier molecular flexibility index (Phi) is 3.17. The normalized spacial score (nSPS) is 24.9. The van der Waals surface area contributed by atoms with Gasteiger partial charge in [-0.25, -0.2) is 0 Å². The predicted octanol–water partition coefficient (Wildman–Crippen LogP) is 0.251. The van der Waals surface area contributed by atoms with Gasteiger partial charge in [-0.2, -0.15) is 0 Å². The molecule has 2 unspecified atom stereocenters. The van der Waals surface area contributed by atoms with Crippen molar-refractivity contribution < 1.29 is 14.6 Å². The SMILES string of the molecule is COC(=O)C(C)C(C)N1CC(C)(O)C1. The molecule has 4 heteroatoms. The first-order chi connectivity index (χ1) is 6.37. The molecule has 14 heavy (non-hydrogen) atoms. The Morgan fingerprint density at radius 2 is 2.00 bits per heavy atom. The first-order valence-electron chi connectivity index (χ1n) is 4.91. The second-order valence-corrected chi connectivity index (χ2v) is 4.45. The van der Waals surface area contributed by atoms with E-state index in [1.807, 2.05) is 13.8 Å².